The maximum atomic E-state index is 12.1. The molecule has 1 aliphatic heterocycles. The van der Waals surface area contributed by atoms with Gasteiger partial charge in [-0.3, -0.25) is 9.69 Å². The van der Waals surface area contributed by atoms with Crippen molar-refractivity contribution in [3.8, 4) is 0 Å². The molecule has 3 N–H and O–H groups in total. The molecule has 2 aliphatic carbocycles. The monoisotopic (exact) mass is 293 g/mol. The number of amides is 1. The predicted octanol–water partition coefficient (Wildman–Crippen LogP) is 2.17. The van der Waals surface area contributed by atoms with Gasteiger partial charge in [-0.2, -0.15) is 0 Å². The molecule has 1 heterocycles. The van der Waals surface area contributed by atoms with E-state index in [9.17, 15) is 4.79 Å². The molecule has 21 heavy (non-hydrogen) atoms. The number of nitrogens with two attached hydrogens (primary N) is 1. The quantitative estimate of drug-likeness (QED) is 0.817. The number of hydrogen-bond donors (Lipinski definition) is 2. The molecule has 0 spiro atoms. The highest BCUT2D eigenvalue weighted by Gasteiger charge is 2.48. The highest BCUT2D eigenvalue weighted by atomic mass is 16.1. The van der Waals surface area contributed by atoms with Gasteiger partial charge in [0.2, 0.25) is 5.91 Å². The third-order valence-corrected chi connectivity index (χ3v) is 5.88. The number of nitrogens with one attached hydrogen (secondary N) is 1. The second-order valence-electron chi connectivity index (χ2n) is 7.41. The average molecular weight is 293 g/mol. The molecule has 3 atom stereocenters. The van der Waals surface area contributed by atoms with Crippen LogP contribution in [0.2, 0.25) is 0 Å². The Bertz CT molecular complexity index is 382. The van der Waals surface area contributed by atoms with Crippen LogP contribution >= 0.6 is 0 Å². The normalized spacial score (nSPS) is 38.3. The van der Waals surface area contributed by atoms with Crippen LogP contribution in [-0.4, -0.2) is 41.0 Å². The van der Waals surface area contributed by atoms with E-state index in [0.717, 1.165) is 19.3 Å². The van der Waals surface area contributed by atoms with E-state index >= 15 is 0 Å². The van der Waals surface area contributed by atoms with Gasteiger partial charge in [-0.15, -0.1) is 0 Å². The van der Waals surface area contributed by atoms with Crippen molar-refractivity contribution in [1.82, 2.24) is 10.2 Å². The van der Waals surface area contributed by atoms with Gasteiger partial charge in [0.25, 0.3) is 0 Å². The lowest BCUT2D eigenvalue weighted by Gasteiger charge is -2.36. The lowest BCUT2D eigenvalue weighted by molar-refractivity contribution is -0.124. The van der Waals surface area contributed by atoms with Crippen molar-refractivity contribution in [2.45, 2.75) is 94.8 Å². The molecular formula is C17H31N3O. The second kappa shape index (κ2) is 6.25. The Morgan fingerprint density at radius 1 is 1.24 bits per heavy atom. The van der Waals surface area contributed by atoms with E-state index < -0.39 is 5.54 Å². The van der Waals surface area contributed by atoms with Crippen LogP contribution in [0.5, 0.6) is 0 Å². The topological polar surface area (TPSA) is 58.4 Å². The number of nitrogens with zero attached hydrogens (tertiary/aromatic N) is 1. The Morgan fingerprint density at radius 3 is 2.71 bits per heavy atom. The van der Waals surface area contributed by atoms with Crippen LogP contribution in [0, 0.1) is 0 Å². The summed E-state index contributed by atoms with van der Waals surface area (Å²) in [7, 11) is 0. The van der Waals surface area contributed by atoms with Gasteiger partial charge in [0.15, 0.2) is 0 Å². The minimum Gasteiger partial charge on any atom is -0.368 e. The molecule has 3 aliphatic rings. The number of carbonyl (C=O) groups excluding carboxylic acids is 1. The molecule has 3 fully saturated rings. The van der Waals surface area contributed by atoms with Crippen molar-refractivity contribution in [3.05, 3.63) is 0 Å². The first kappa shape index (κ1) is 15.3. The highest BCUT2D eigenvalue weighted by molar-refractivity contribution is 5.85. The summed E-state index contributed by atoms with van der Waals surface area (Å²) in [5.74, 6) is -0.125. The van der Waals surface area contributed by atoms with Gasteiger partial charge in [-0.1, -0.05) is 19.8 Å². The number of hydrogen-bond acceptors (Lipinski definition) is 3. The fraction of sp³-hybridized carbons (Fsp3) is 0.941. The largest absolute Gasteiger partial charge is 0.368 e. The lowest BCUT2D eigenvalue weighted by atomic mass is 9.95. The summed E-state index contributed by atoms with van der Waals surface area (Å²) >= 11 is 0. The first-order valence-electron chi connectivity index (χ1n) is 8.98. The molecule has 4 heteroatoms. The molecule has 4 nitrogen and oxygen atoms in total. The summed E-state index contributed by atoms with van der Waals surface area (Å²) in [6.45, 7) is 3.52. The molecule has 120 valence electrons. The van der Waals surface area contributed by atoms with E-state index in [2.05, 4.69) is 17.1 Å². The second-order valence-corrected chi connectivity index (χ2v) is 7.41. The van der Waals surface area contributed by atoms with Crippen LogP contribution in [0.15, 0.2) is 0 Å². The van der Waals surface area contributed by atoms with Crippen molar-refractivity contribution < 1.29 is 4.79 Å². The van der Waals surface area contributed by atoms with E-state index in [1.54, 1.807) is 0 Å². The van der Waals surface area contributed by atoms with E-state index in [4.69, 9.17) is 5.73 Å². The first-order chi connectivity index (χ1) is 10.1. The molecule has 3 rings (SSSR count). The third-order valence-electron chi connectivity index (χ3n) is 5.88. The summed E-state index contributed by atoms with van der Waals surface area (Å²) in [6.07, 6.45) is 12.0. The van der Waals surface area contributed by atoms with Gasteiger partial charge < -0.3 is 11.1 Å². The standard InChI is InChI=1S/C17H31N3O/c1-2-14-6-4-3-5-11-20(14)15-9-10-17(12-15,16(18)21)19-13-7-8-13/h13-15,19H,2-12H2,1H3,(H2,18,21). The van der Waals surface area contributed by atoms with Gasteiger partial charge in [-0.05, 0) is 57.9 Å². The number of primary amides is 1. The SMILES string of the molecule is CCC1CCCCCN1C1CCC(NC2CC2)(C(N)=O)C1. The average Bonchev–Trinajstić information content (AvgIpc) is 3.22. The molecular weight excluding hydrogens is 262 g/mol. The van der Waals surface area contributed by atoms with E-state index in [1.165, 1.54) is 51.5 Å². The fourth-order valence-corrected chi connectivity index (χ4v) is 4.47. The van der Waals surface area contributed by atoms with Crippen molar-refractivity contribution in [3.63, 3.8) is 0 Å². The summed E-state index contributed by atoms with van der Waals surface area (Å²) < 4.78 is 0. The minimum absolute atomic E-state index is 0.125. The maximum absolute atomic E-state index is 12.1. The number of carbonyl (C=O) groups is 1. The summed E-state index contributed by atoms with van der Waals surface area (Å²) in [6, 6.07) is 1.80. The van der Waals surface area contributed by atoms with E-state index in [0.29, 0.717) is 18.1 Å². The number of likely N-dealkylation sites (tertiary alicyclic amines) is 1. The predicted molar refractivity (Wildman–Crippen MR) is 85.0 cm³/mol. The zero-order chi connectivity index (χ0) is 14.9. The van der Waals surface area contributed by atoms with Crippen LogP contribution in [0.25, 0.3) is 0 Å². The Morgan fingerprint density at radius 2 is 2.05 bits per heavy atom. The van der Waals surface area contributed by atoms with E-state index in [-0.39, 0.29) is 5.91 Å². The molecule has 0 aromatic heterocycles. The van der Waals surface area contributed by atoms with E-state index in [1.807, 2.05) is 0 Å². The molecule has 0 radical (unpaired) electrons. The van der Waals surface area contributed by atoms with Crippen LogP contribution in [0.4, 0.5) is 0 Å². The van der Waals surface area contributed by atoms with Gasteiger partial charge in [0.1, 0.15) is 0 Å². The third kappa shape index (κ3) is 3.26. The van der Waals surface area contributed by atoms with Crippen LogP contribution in [0.1, 0.15) is 71.1 Å². The Labute approximate surface area is 128 Å². The Balaban J connectivity index is 1.69. The summed E-state index contributed by atoms with van der Waals surface area (Å²) in [4.78, 5) is 14.8. The molecule has 0 bridgehead atoms. The van der Waals surface area contributed by atoms with Gasteiger partial charge in [-0.25, -0.2) is 0 Å². The van der Waals surface area contributed by atoms with Gasteiger partial charge in [0, 0.05) is 18.1 Å². The van der Waals surface area contributed by atoms with Gasteiger partial charge in [0.05, 0.1) is 5.54 Å². The van der Waals surface area contributed by atoms with Crippen molar-refractivity contribution in [2.75, 3.05) is 6.54 Å². The minimum atomic E-state index is -0.420. The Kier molecular flexibility index (Phi) is 4.55. The Hall–Kier alpha value is -0.610. The molecule has 2 saturated carbocycles. The van der Waals surface area contributed by atoms with Gasteiger partial charge >= 0.3 is 0 Å². The zero-order valence-electron chi connectivity index (χ0n) is 13.4. The summed E-state index contributed by atoms with van der Waals surface area (Å²) in [5, 5.41) is 3.58. The molecule has 1 saturated heterocycles. The first-order valence-corrected chi connectivity index (χ1v) is 8.98. The van der Waals surface area contributed by atoms with Crippen LogP contribution in [0.3, 0.4) is 0 Å². The molecule has 3 unspecified atom stereocenters. The van der Waals surface area contributed by atoms with Crippen LogP contribution in [-0.2, 0) is 4.79 Å². The smallest absolute Gasteiger partial charge is 0.237 e. The van der Waals surface area contributed by atoms with Crippen molar-refractivity contribution in [2.24, 2.45) is 5.73 Å². The molecule has 0 aromatic rings. The zero-order valence-corrected chi connectivity index (χ0v) is 13.4. The number of rotatable bonds is 5. The van der Waals surface area contributed by atoms with Crippen molar-refractivity contribution in [1.29, 1.82) is 0 Å². The van der Waals surface area contributed by atoms with Crippen LogP contribution < -0.4 is 11.1 Å². The summed E-state index contributed by atoms with van der Waals surface area (Å²) in [5.41, 5.74) is 5.36. The lowest BCUT2D eigenvalue weighted by Crippen LogP contribution is -2.55. The molecule has 1 amide bonds. The fourth-order valence-electron chi connectivity index (χ4n) is 4.47. The molecule has 0 aromatic carbocycles. The highest BCUT2D eigenvalue weighted by Crippen LogP contribution is 2.38. The van der Waals surface area contributed by atoms with Crippen molar-refractivity contribution >= 4 is 5.91 Å². The maximum Gasteiger partial charge on any atom is 0.237 e.